The van der Waals surface area contributed by atoms with Crippen LogP contribution in [0.2, 0.25) is 0 Å². The highest BCUT2D eigenvalue weighted by Gasteiger charge is 2.31. The van der Waals surface area contributed by atoms with Crippen LogP contribution in [0.3, 0.4) is 0 Å². The molecular formula is C13H9F3N2O. The van der Waals surface area contributed by atoms with Crippen molar-refractivity contribution < 1.29 is 18.0 Å². The van der Waals surface area contributed by atoms with Gasteiger partial charge in [0.1, 0.15) is 5.69 Å². The molecule has 0 spiro atoms. The number of aryl methyl sites for hydroxylation is 1. The van der Waals surface area contributed by atoms with Gasteiger partial charge in [-0.15, -0.1) is 0 Å². The number of pyridine rings is 2. The molecule has 0 bridgehead atoms. The molecule has 0 atom stereocenters. The maximum Gasteiger partial charge on any atom is 0.417 e. The number of carbonyl (C=O) groups excluding carboxylic acids is 1. The summed E-state index contributed by atoms with van der Waals surface area (Å²) in [4.78, 5) is 19.4. The number of alkyl halides is 3. The third kappa shape index (κ3) is 2.78. The van der Waals surface area contributed by atoms with Crippen LogP contribution >= 0.6 is 0 Å². The summed E-state index contributed by atoms with van der Waals surface area (Å²) in [6, 6.07) is 3.56. The van der Waals surface area contributed by atoms with Crippen molar-refractivity contribution in [3.63, 3.8) is 0 Å². The van der Waals surface area contributed by atoms with E-state index in [0.29, 0.717) is 17.3 Å². The van der Waals surface area contributed by atoms with Crippen LogP contribution in [0.15, 0.2) is 36.8 Å². The molecule has 0 aromatic carbocycles. The molecule has 0 fully saturated rings. The van der Waals surface area contributed by atoms with Gasteiger partial charge in [-0.05, 0) is 30.7 Å². The highest BCUT2D eigenvalue weighted by Crippen LogP contribution is 2.28. The van der Waals surface area contributed by atoms with Crippen LogP contribution in [0.1, 0.15) is 27.2 Å². The van der Waals surface area contributed by atoms with Crippen molar-refractivity contribution in [3.8, 4) is 0 Å². The summed E-state index contributed by atoms with van der Waals surface area (Å²) in [6.45, 7) is 1.72. The van der Waals surface area contributed by atoms with E-state index >= 15 is 0 Å². The fraction of sp³-hybridized carbons (Fsp3) is 0.154. The van der Waals surface area contributed by atoms with Gasteiger partial charge in [-0.25, -0.2) is 0 Å². The van der Waals surface area contributed by atoms with E-state index in [1.807, 2.05) is 0 Å². The van der Waals surface area contributed by atoms with Crippen LogP contribution in [0.5, 0.6) is 0 Å². The van der Waals surface area contributed by atoms with Crippen molar-refractivity contribution in [1.29, 1.82) is 0 Å². The number of hydrogen-bond acceptors (Lipinski definition) is 3. The minimum Gasteiger partial charge on any atom is -0.287 e. The zero-order valence-corrected chi connectivity index (χ0v) is 9.90. The van der Waals surface area contributed by atoms with Gasteiger partial charge in [0.15, 0.2) is 0 Å². The molecule has 0 saturated carbocycles. The van der Waals surface area contributed by atoms with Gasteiger partial charge in [0.05, 0.1) is 5.56 Å². The predicted octanol–water partition coefficient (Wildman–Crippen LogP) is 3.03. The van der Waals surface area contributed by atoms with Gasteiger partial charge in [-0.1, -0.05) is 0 Å². The Morgan fingerprint density at radius 3 is 2.42 bits per heavy atom. The van der Waals surface area contributed by atoms with Gasteiger partial charge in [-0.3, -0.25) is 14.8 Å². The summed E-state index contributed by atoms with van der Waals surface area (Å²) in [5.74, 6) is -0.445. The largest absolute Gasteiger partial charge is 0.417 e. The molecule has 2 aromatic rings. The Bertz CT molecular complexity index is 606. The van der Waals surface area contributed by atoms with E-state index in [-0.39, 0.29) is 5.69 Å². The van der Waals surface area contributed by atoms with E-state index < -0.39 is 17.5 Å². The molecule has 0 aliphatic rings. The lowest BCUT2D eigenvalue weighted by Gasteiger charge is -2.07. The number of halogens is 3. The fourth-order valence-electron chi connectivity index (χ4n) is 1.54. The standard InChI is InChI=1S/C13H9F3N2O/c1-8-4-5-17-7-10(8)12(19)11-3-2-9(6-18-11)13(14,15)16/h2-7H,1H3. The maximum atomic E-state index is 12.4. The smallest absolute Gasteiger partial charge is 0.287 e. The van der Waals surface area contributed by atoms with Gasteiger partial charge in [-0.2, -0.15) is 13.2 Å². The van der Waals surface area contributed by atoms with Crippen LogP contribution in [-0.2, 0) is 6.18 Å². The fourth-order valence-corrected chi connectivity index (χ4v) is 1.54. The van der Waals surface area contributed by atoms with E-state index in [1.54, 1.807) is 13.0 Å². The highest BCUT2D eigenvalue weighted by molar-refractivity contribution is 6.08. The Kier molecular flexibility index (Phi) is 3.33. The molecular weight excluding hydrogens is 257 g/mol. The third-order valence-electron chi connectivity index (χ3n) is 2.61. The van der Waals surface area contributed by atoms with Crippen molar-refractivity contribution in [2.24, 2.45) is 0 Å². The molecule has 0 radical (unpaired) electrons. The Balaban J connectivity index is 2.34. The molecule has 0 amide bonds. The van der Waals surface area contributed by atoms with E-state index in [1.165, 1.54) is 12.4 Å². The minimum absolute atomic E-state index is 0.0379. The lowest BCUT2D eigenvalue weighted by molar-refractivity contribution is -0.137. The summed E-state index contributed by atoms with van der Waals surface area (Å²) < 4.78 is 37.1. The highest BCUT2D eigenvalue weighted by atomic mass is 19.4. The van der Waals surface area contributed by atoms with Crippen molar-refractivity contribution in [3.05, 3.63) is 59.2 Å². The molecule has 0 N–H and O–H groups in total. The van der Waals surface area contributed by atoms with E-state index in [4.69, 9.17) is 0 Å². The molecule has 0 aliphatic carbocycles. The van der Waals surface area contributed by atoms with Crippen molar-refractivity contribution >= 4 is 5.78 Å². The first-order valence-corrected chi connectivity index (χ1v) is 5.38. The lowest BCUT2D eigenvalue weighted by Crippen LogP contribution is -2.10. The van der Waals surface area contributed by atoms with Crippen LogP contribution in [-0.4, -0.2) is 15.8 Å². The second-order valence-corrected chi connectivity index (χ2v) is 3.95. The van der Waals surface area contributed by atoms with Gasteiger partial charge in [0, 0.05) is 24.2 Å². The zero-order valence-electron chi connectivity index (χ0n) is 9.90. The second-order valence-electron chi connectivity index (χ2n) is 3.95. The zero-order chi connectivity index (χ0) is 14.0. The summed E-state index contributed by atoms with van der Waals surface area (Å²) in [5, 5.41) is 0. The lowest BCUT2D eigenvalue weighted by atomic mass is 10.0. The van der Waals surface area contributed by atoms with E-state index in [9.17, 15) is 18.0 Å². The van der Waals surface area contributed by atoms with Crippen LogP contribution in [0.25, 0.3) is 0 Å². The number of carbonyl (C=O) groups is 1. The number of ketones is 1. The molecule has 98 valence electrons. The number of rotatable bonds is 2. The molecule has 2 heterocycles. The summed E-state index contributed by atoms with van der Waals surface area (Å²) >= 11 is 0. The Labute approximate surface area is 107 Å². The normalized spacial score (nSPS) is 11.4. The van der Waals surface area contributed by atoms with Crippen LogP contribution in [0.4, 0.5) is 13.2 Å². The SMILES string of the molecule is Cc1ccncc1C(=O)c1ccc(C(F)(F)F)cn1. The van der Waals surface area contributed by atoms with Gasteiger partial charge in [0.25, 0.3) is 0 Å². The molecule has 19 heavy (non-hydrogen) atoms. The summed E-state index contributed by atoms with van der Waals surface area (Å²) in [6.07, 6.45) is -0.902. The number of hydrogen-bond donors (Lipinski definition) is 0. The third-order valence-corrected chi connectivity index (χ3v) is 2.61. The summed E-state index contributed by atoms with van der Waals surface area (Å²) in [7, 11) is 0. The Morgan fingerprint density at radius 1 is 1.16 bits per heavy atom. The maximum absolute atomic E-state index is 12.4. The molecule has 0 saturated heterocycles. The molecule has 0 unspecified atom stereocenters. The van der Waals surface area contributed by atoms with E-state index in [2.05, 4.69) is 9.97 Å². The van der Waals surface area contributed by atoms with Gasteiger partial charge in [0.2, 0.25) is 5.78 Å². The Hall–Kier alpha value is -2.24. The van der Waals surface area contributed by atoms with Crippen molar-refractivity contribution in [2.75, 3.05) is 0 Å². The topological polar surface area (TPSA) is 42.9 Å². The molecule has 2 aromatic heterocycles. The average Bonchev–Trinajstić information content (AvgIpc) is 2.38. The van der Waals surface area contributed by atoms with Crippen LogP contribution < -0.4 is 0 Å². The molecule has 6 heteroatoms. The quantitative estimate of drug-likeness (QED) is 0.785. The first-order chi connectivity index (χ1) is 8.89. The van der Waals surface area contributed by atoms with Crippen LogP contribution in [0, 0.1) is 6.92 Å². The predicted molar refractivity (Wildman–Crippen MR) is 61.6 cm³/mol. The first kappa shape index (κ1) is 13.2. The van der Waals surface area contributed by atoms with Crippen molar-refractivity contribution in [2.45, 2.75) is 13.1 Å². The second kappa shape index (κ2) is 4.79. The van der Waals surface area contributed by atoms with E-state index in [0.717, 1.165) is 12.1 Å². The molecule has 0 aliphatic heterocycles. The van der Waals surface area contributed by atoms with Crippen molar-refractivity contribution in [1.82, 2.24) is 9.97 Å². The number of aromatic nitrogens is 2. The number of nitrogens with zero attached hydrogens (tertiary/aromatic N) is 2. The first-order valence-electron chi connectivity index (χ1n) is 5.38. The monoisotopic (exact) mass is 266 g/mol. The minimum atomic E-state index is -4.46. The average molecular weight is 266 g/mol. The van der Waals surface area contributed by atoms with Gasteiger partial charge < -0.3 is 0 Å². The Morgan fingerprint density at radius 2 is 1.89 bits per heavy atom. The molecule has 2 rings (SSSR count). The van der Waals surface area contributed by atoms with Gasteiger partial charge >= 0.3 is 6.18 Å². The molecule has 3 nitrogen and oxygen atoms in total. The summed E-state index contributed by atoms with van der Waals surface area (Å²) in [5.41, 5.74) is 0.104.